The lowest BCUT2D eigenvalue weighted by Gasteiger charge is -2.20. The summed E-state index contributed by atoms with van der Waals surface area (Å²) >= 11 is 0. The monoisotopic (exact) mass is 282 g/mol. The number of nitrogens with zero attached hydrogens (tertiary/aromatic N) is 2. The highest BCUT2D eigenvalue weighted by Crippen LogP contribution is 2.18. The Kier molecular flexibility index (Phi) is 4.89. The van der Waals surface area contributed by atoms with Crippen molar-refractivity contribution in [3.8, 4) is 6.07 Å². The van der Waals surface area contributed by atoms with E-state index >= 15 is 0 Å². The second-order valence-corrected chi connectivity index (χ2v) is 5.81. The van der Waals surface area contributed by atoms with Gasteiger partial charge in [-0.25, -0.2) is 8.42 Å². The molecule has 0 atom stereocenters. The summed E-state index contributed by atoms with van der Waals surface area (Å²) in [5, 5.41) is 17.2. The normalized spacial score (nSPS) is 10.7. The average Bonchev–Trinajstić information content (AvgIpc) is 2.36. The lowest BCUT2D eigenvalue weighted by atomic mass is 10.3. The van der Waals surface area contributed by atoms with E-state index in [2.05, 4.69) is 0 Å². The van der Waals surface area contributed by atoms with Gasteiger partial charge in [0.2, 0.25) is 0 Å². The number of sulfone groups is 1. The highest BCUT2D eigenvalue weighted by Gasteiger charge is 2.15. The topological polar surface area (TPSA) is 98.5 Å². The molecule has 0 aliphatic carbocycles. The summed E-state index contributed by atoms with van der Waals surface area (Å²) in [5.74, 6) is -1.53. The molecule has 0 aromatic heterocycles. The third-order valence-electron chi connectivity index (χ3n) is 2.52. The number of hydrogen-bond acceptors (Lipinski definition) is 5. The fraction of sp³-hybridized carbons (Fsp3) is 0.333. The Labute approximate surface area is 111 Å². The highest BCUT2D eigenvalue weighted by molar-refractivity contribution is 7.91. The zero-order chi connectivity index (χ0) is 14.5. The van der Waals surface area contributed by atoms with Gasteiger partial charge in [0.05, 0.1) is 11.0 Å². The van der Waals surface area contributed by atoms with Crippen molar-refractivity contribution in [3.05, 3.63) is 24.3 Å². The van der Waals surface area contributed by atoms with Gasteiger partial charge in [0.25, 0.3) is 0 Å². The minimum absolute atomic E-state index is 0.0594. The van der Waals surface area contributed by atoms with Gasteiger partial charge in [-0.1, -0.05) is 0 Å². The van der Waals surface area contributed by atoms with Crippen LogP contribution in [0.4, 0.5) is 5.69 Å². The predicted molar refractivity (Wildman–Crippen MR) is 69.6 cm³/mol. The average molecular weight is 282 g/mol. The Bertz CT molecular complexity index is 587. The van der Waals surface area contributed by atoms with E-state index in [0.29, 0.717) is 12.2 Å². The Balaban J connectivity index is 2.99. The van der Waals surface area contributed by atoms with Crippen LogP contribution in [0.2, 0.25) is 0 Å². The van der Waals surface area contributed by atoms with Crippen molar-refractivity contribution < 1.29 is 18.3 Å². The van der Waals surface area contributed by atoms with E-state index in [-0.39, 0.29) is 11.4 Å². The minimum Gasteiger partial charge on any atom is -0.480 e. The number of carbonyl (C=O) groups is 1. The molecule has 0 heterocycles. The number of rotatable bonds is 6. The number of anilines is 1. The first-order valence-corrected chi connectivity index (χ1v) is 7.22. The predicted octanol–water partition coefficient (Wildman–Crippen LogP) is 0.895. The van der Waals surface area contributed by atoms with Crippen LogP contribution in [-0.2, 0) is 14.6 Å². The number of carboxylic acids is 1. The maximum absolute atomic E-state index is 11.6. The number of benzene rings is 1. The molecule has 7 heteroatoms. The second kappa shape index (κ2) is 6.20. The zero-order valence-corrected chi connectivity index (χ0v) is 11.2. The van der Waals surface area contributed by atoms with E-state index in [1.807, 2.05) is 6.92 Å². The number of hydrogen-bond donors (Lipinski definition) is 1. The summed E-state index contributed by atoms with van der Waals surface area (Å²) in [6.07, 6.45) is 0. The van der Waals surface area contributed by atoms with Crippen LogP contribution in [-0.4, -0.2) is 38.3 Å². The van der Waals surface area contributed by atoms with Crippen LogP contribution in [0.25, 0.3) is 0 Å². The van der Waals surface area contributed by atoms with Crippen molar-refractivity contribution in [1.29, 1.82) is 5.26 Å². The van der Waals surface area contributed by atoms with Crippen LogP contribution < -0.4 is 4.90 Å². The first kappa shape index (κ1) is 15.0. The van der Waals surface area contributed by atoms with Crippen molar-refractivity contribution in [2.75, 3.05) is 23.7 Å². The molecule has 1 aromatic carbocycles. The summed E-state index contributed by atoms with van der Waals surface area (Å²) in [6, 6.07) is 7.44. The van der Waals surface area contributed by atoms with Crippen LogP contribution in [0.1, 0.15) is 6.92 Å². The number of likely N-dealkylation sites (N-methyl/N-ethyl adjacent to an activating group) is 1. The molecule has 0 bridgehead atoms. The van der Waals surface area contributed by atoms with Crippen molar-refractivity contribution in [1.82, 2.24) is 0 Å². The van der Waals surface area contributed by atoms with Gasteiger partial charge in [0.1, 0.15) is 12.3 Å². The minimum atomic E-state index is -3.58. The quantitative estimate of drug-likeness (QED) is 0.832. The van der Waals surface area contributed by atoms with Gasteiger partial charge in [-0.15, -0.1) is 0 Å². The summed E-state index contributed by atoms with van der Waals surface area (Å²) in [6.45, 7) is 2.15. The molecule has 19 heavy (non-hydrogen) atoms. The molecular formula is C12H14N2O4S. The number of carboxylic acid groups (broad SMARTS) is 1. The molecule has 0 saturated heterocycles. The Morgan fingerprint density at radius 1 is 1.37 bits per heavy atom. The lowest BCUT2D eigenvalue weighted by molar-refractivity contribution is -0.135. The molecule has 0 saturated carbocycles. The van der Waals surface area contributed by atoms with E-state index in [0.717, 1.165) is 0 Å². The van der Waals surface area contributed by atoms with Crippen LogP contribution >= 0.6 is 0 Å². The molecule has 0 aliphatic heterocycles. The SMILES string of the molecule is CCN(CC(=O)O)c1ccc(S(=O)(=O)CC#N)cc1. The lowest BCUT2D eigenvalue weighted by Crippen LogP contribution is -2.29. The van der Waals surface area contributed by atoms with Crippen molar-refractivity contribution in [2.45, 2.75) is 11.8 Å². The molecule has 0 unspecified atom stereocenters. The molecule has 1 N–H and O–H groups in total. The molecular weight excluding hydrogens is 268 g/mol. The van der Waals surface area contributed by atoms with Crippen LogP contribution in [0.3, 0.4) is 0 Å². The van der Waals surface area contributed by atoms with Crippen LogP contribution in [0, 0.1) is 11.3 Å². The van der Waals surface area contributed by atoms with Crippen LogP contribution in [0.5, 0.6) is 0 Å². The van der Waals surface area contributed by atoms with Gasteiger partial charge in [-0.05, 0) is 31.2 Å². The smallest absolute Gasteiger partial charge is 0.323 e. The fourth-order valence-corrected chi connectivity index (χ4v) is 2.47. The van der Waals surface area contributed by atoms with Gasteiger partial charge in [-0.3, -0.25) is 4.79 Å². The fourth-order valence-electron chi connectivity index (χ4n) is 1.58. The Hall–Kier alpha value is -2.07. The van der Waals surface area contributed by atoms with E-state index in [4.69, 9.17) is 10.4 Å². The van der Waals surface area contributed by atoms with Crippen molar-refractivity contribution in [2.24, 2.45) is 0 Å². The van der Waals surface area contributed by atoms with E-state index in [1.165, 1.54) is 24.3 Å². The largest absolute Gasteiger partial charge is 0.480 e. The third kappa shape index (κ3) is 3.96. The molecule has 0 amide bonds. The molecule has 0 radical (unpaired) electrons. The summed E-state index contributed by atoms with van der Waals surface area (Å²) in [5.41, 5.74) is 0.626. The maximum Gasteiger partial charge on any atom is 0.323 e. The molecule has 102 valence electrons. The van der Waals surface area contributed by atoms with Gasteiger partial charge in [0, 0.05) is 12.2 Å². The van der Waals surface area contributed by atoms with E-state index in [9.17, 15) is 13.2 Å². The number of aliphatic carboxylic acids is 1. The first-order valence-electron chi connectivity index (χ1n) is 5.57. The maximum atomic E-state index is 11.6. The molecule has 0 spiro atoms. The number of nitriles is 1. The third-order valence-corrected chi connectivity index (χ3v) is 4.02. The Morgan fingerprint density at radius 2 is 1.95 bits per heavy atom. The second-order valence-electron chi connectivity index (χ2n) is 3.82. The van der Waals surface area contributed by atoms with E-state index < -0.39 is 21.6 Å². The molecule has 1 aromatic rings. The van der Waals surface area contributed by atoms with Crippen molar-refractivity contribution in [3.63, 3.8) is 0 Å². The Morgan fingerprint density at radius 3 is 2.37 bits per heavy atom. The summed E-state index contributed by atoms with van der Waals surface area (Å²) in [7, 11) is -3.58. The first-order chi connectivity index (χ1) is 8.90. The van der Waals surface area contributed by atoms with E-state index in [1.54, 1.807) is 11.0 Å². The highest BCUT2D eigenvalue weighted by atomic mass is 32.2. The molecule has 0 aliphatic rings. The summed E-state index contributed by atoms with van der Waals surface area (Å²) in [4.78, 5) is 12.3. The van der Waals surface area contributed by atoms with Gasteiger partial charge < -0.3 is 10.0 Å². The zero-order valence-electron chi connectivity index (χ0n) is 10.4. The molecule has 6 nitrogen and oxygen atoms in total. The van der Waals surface area contributed by atoms with Crippen molar-refractivity contribution >= 4 is 21.5 Å². The van der Waals surface area contributed by atoms with Gasteiger partial charge in [0.15, 0.2) is 9.84 Å². The molecule has 0 fully saturated rings. The summed E-state index contributed by atoms with van der Waals surface area (Å²) < 4.78 is 23.3. The van der Waals surface area contributed by atoms with Gasteiger partial charge in [-0.2, -0.15) is 5.26 Å². The standard InChI is InChI=1S/C12H14N2O4S/c1-2-14(9-12(15)16)10-3-5-11(6-4-10)19(17,18)8-7-13/h3-6H,2,8-9H2,1H3,(H,15,16). The van der Waals surface area contributed by atoms with Crippen LogP contribution in [0.15, 0.2) is 29.2 Å². The molecule has 1 rings (SSSR count). The van der Waals surface area contributed by atoms with Gasteiger partial charge >= 0.3 is 5.97 Å².